The van der Waals surface area contributed by atoms with Gasteiger partial charge in [-0.1, -0.05) is 20.3 Å². The first-order chi connectivity index (χ1) is 2.84. The van der Waals surface area contributed by atoms with Crippen molar-refractivity contribution in [2.45, 2.75) is 26.7 Å². The van der Waals surface area contributed by atoms with Crippen molar-refractivity contribution in [1.82, 2.24) is 0 Å². The van der Waals surface area contributed by atoms with Crippen LogP contribution in [0.4, 0.5) is 0 Å². The monoisotopic (exact) mass is 83.1 g/mol. The molecule has 0 aliphatic heterocycles. The summed E-state index contributed by atoms with van der Waals surface area (Å²) in [7, 11) is 0. The maximum absolute atomic E-state index is 2.25. The minimum absolute atomic E-state index is 1.02. The van der Waals surface area contributed by atoms with Gasteiger partial charge in [-0.25, -0.2) is 0 Å². The van der Waals surface area contributed by atoms with E-state index in [-0.39, 0.29) is 0 Å². The Bertz CT molecular complexity index is 46.0. The summed E-state index contributed by atoms with van der Waals surface area (Å²) in [6, 6.07) is 0. The van der Waals surface area contributed by atoms with E-state index in [4.69, 9.17) is 0 Å². The van der Waals surface area contributed by atoms with Crippen LogP contribution in [0.2, 0.25) is 0 Å². The molecule has 1 rings (SSSR count). The van der Waals surface area contributed by atoms with Gasteiger partial charge in [0.15, 0.2) is 0 Å². The van der Waals surface area contributed by atoms with Crippen molar-refractivity contribution in [3.63, 3.8) is 0 Å². The highest BCUT2D eigenvalue weighted by molar-refractivity contribution is 5.08. The molecule has 0 spiro atoms. The zero-order valence-electron chi connectivity index (χ0n) is 4.49. The molecule has 0 aromatic heterocycles. The molecular formula is C6H11. The van der Waals surface area contributed by atoms with Crippen molar-refractivity contribution in [3.8, 4) is 0 Å². The van der Waals surface area contributed by atoms with Crippen molar-refractivity contribution in [2.75, 3.05) is 0 Å². The van der Waals surface area contributed by atoms with Crippen LogP contribution in [0.3, 0.4) is 0 Å². The van der Waals surface area contributed by atoms with Crippen molar-refractivity contribution >= 4 is 0 Å². The lowest BCUT2D eigenvalue weighted by Gasteiger charge is -1.78. The summed E-state index contributed by atoms with van der Waals surface area (Å²) >= 11 is 0. The molecule has 0 aromatic rings. The van der Waals surface area contributed by atoms with Crippen molar-refractivity contribution in [1.29, 1.82) is 0 Å². The molecule has 35 valence electrons. The van der Waals surface area contributed by atoms with Gasteiger partial charge in [0.05, 0.1) is 0 Å². The summed E-state index contributed by atoms with van der Waals surface area (Å²) in [5, 5.41) is 0. The number of hydrogen-bond acceptors (Lipinski definition) is 0. The molecule has 0 saturated heterocycles. The molecule has 0 heterocycles. The third kappa shape index (κ3) is 0.562. The van der Waals surface area contributed by atoms with E-state index in [1.165, 1.54) is 12.8 Å². The molecule has 1 radical (unpaired) electrons. The smallest absolute Gasteiger partial charge is 0.0238 e. The van der Waals surface area contributed by atoms with Crippen LogP contribution in [0.5, 0.6) is 0 Å². The zero-order valence-corrected chi connectivity index (χ0v) is 4.49. The standard InChI is InChI=1S/C6H11/c1-3-6-4-5(6)2/h6H,3-4H2,1-2H3. The molecular weight excluding hydrogens is 72.1 g/mol. The van der Waals surface area contributed by atoms with Gasteiger partial charge in [0, 0.05) is 0 Å². The summed E-state index contributed by atoms with van der Waals surface area (Å²) in [6.45, 7) is 4.50. The average molecular weight is 83.2 g/mol. The van der Waals surface area contributed by atoms with Crippen LogP contribution in [0.15, 0.2) is 0 Å². The Hall–Kier alpha value is 0. The highest BCUT2D eigenvalue weighted by Gasteiger charge is 2.30. The van der Waals surface area contributed by atoms with E-state index in [9.17, 15) is 0 Å². The van der Waals surface area contributed by atoms with Gasteiger partial charge in [0.1, 0.15) is 0 Å². The lowest BCUT2D eigenvalue weighted by atomic mass is 10.3. The van der Waals surface area contributed by atoms with Crippen LogP contribution in [0, 0.1) is 11.8 Å². The molecule has 0 N–H and O–H groups in total. The molecule has 0 nitrogen and oxygen atoms in total. The second-order valence-corrected chi connectivity index (χ2v) is 2.16. The lowest BCUT2D eigenvalue weighted by Crippen LogP contribution is -1.66. The first-order valence-electron chi connectivity index (χ1n) is 2.67. The zero-order chi connectivity index (χ0) is 4.57. The van der Waals surface area contributed by atoms with E-state index in [2.05, 4.69) is 13.8 Å². The molecule has 0 amide bonds. The van der Waals surface area contributed by atoms with Gasteiger partial charge in [-0.15, -0.1) is 0 Å². The lowest BCUT2D eigenvalue weighted by molar-refractivity contribution is 0.807. The summed E-state index contributed by atoms with van der Waals surface area (Å²) in [5.74, 6) is 2.72. The van der Waals surface area contributed by atoms with Crippen LogP contribution in [-0.4, -0.2) is 0 Å². The predicted octanol–water partition coefficient (Wildman–Crippen LogP) is 2.01. The van der Waals surface area contributed by atoms with E-state index in [1.807, 2.05) is 0 Å². The fourth-order valence-corrected chi connectivity index (χ4v) is 0.823. The van der Waals surface area contributed by atoms with E-state index in [0.717, 1.165) is 5.92 Å². The minimum Gasteiger partial charge on any atom is -0.0651 e. The van der Waals surface area contributed by atoms with Gasteiger partial charge in [0.25, 0.3) is 0 Å². The molecule has 0 bridgehead atoms. The second-order valence-electron chi connectivity index (χ2n) is 2.16. The third-order valence-corrected chi connectivity index (χ3v) is 1.60. The molecule has 6 heavy (non-hydrogen) atoms. The highest BCUT2D eigenvalue weighted by atomic mass is 14.3. The van der Waals surface area contributed by atoms with E-state index >= 15 is 0 Å². The van der Waals surface area contributed by atoms with E-state index in [1.54, 1.807) is 5.92 Å². The van der Waals surface area contributed by atoms with Crippen molar-refractivity contribution in [2.24, 2.45) is 5.92 Å². The predicted molar refractivity (Wildman–Crippen MR) is 27.3 cm³/mol. The van der Waals surface area contributed by atoms with Crippen LogP contribution in [0.1, 0.15) is 26.7 Å². The normalized spacial score (nSPS) is 34.0. The van der Waals surface area contributed by atoms with Gasteiger partial charge in [0.2, 0.25) is 0 Å². The molecule has 1 aliphatic carbocycles. The van der Waals surface area contributed by atoms with Crippen LogP contribution >= 0.6 is 0 Å². The van der Waals surface area contributed by atoms with Crippen LogP contribution in [-0.2, 0) is 0 Å². The Kier molecular flexibility index (Phi) is 0.868. The Labute approximate surface area is 39.6 Å². The maximum atomic E-state index is 2.25. The second kappa shape index (κ2) is 1.25. The van der Waals surface area contributed by atoms with Crippen molar-refractivity contribution < 1.29 is 0 Å². The fraction of sp³-hybridized carbons (Fsp3) is 0.833. The number of rotatable bonds is 1. The summed E-state index contributed by atoms with van der Waals surface area (Å²) < 4.78 is 0. The molecule has 0 aromatic carbocycles. The molecule has 0 heteroatoms. The molecule has 1 fully saturated rings. The van der Waals surface area contributed by atoms with Crippen molar-refractivity contribution in [3.05, 3.63) is 5.92 Å². The first kappa shape index (κ1) is 4.17. The summed E-state index contributed by atoms with van der Waals surface area (Å²) in [6.07, 6.45) is 2.78. The van der Waals surface area contributed by atoms with Gasteiger partial charge in [-0.3, -0.25) is 0 Å². The molecule has 1 saturated carbocycles. The van der Waals surface area contributed by atoms with E-state index < -0.39 is 0 Å². The largest absolute Gasteiger partial charge is 0.0651 e. The minimum atomic E-state index is 1.02. The Morgan fingerprint density at radius 2 is 2.33 bits per heavy atom. The van der Waals surface area contributed by atoms with Gasteiger partial charge < -0.3 is 0 Å². The Balaban J connectivity index is 2.09. The Morgan fingerprint density at radius 1 is 1.83 bits per heavy atom. The van der Waals surface area contributed by atoms with Crippen LogP contribution < -0.4 is 0 Å². The quantitative estimate of drug-likeness (QED) is 0.455. The summed E-state index contributed by atoms with van der Waals surface area (Å²) in [5.41, 5.74) is 0. The number of hydrogen-bond donors (Lipinski definition) is 0. The van der Waals surface area contributed by atoms with E-state index in [0.29, 0.717) is 0 Å². The first-order valence-corrected chi connectivity index (χ1v) is 2.67. The maximum Gasteiger partial charge on any atom is -0.0238 e. The SMILES string of the molecule is CCC1C[C]1C. The Morgan fingerprint density at radius 3 is 2.33 bits per heavy atom. The average Bonchev–Trinajstić information content (AvgIpc) is 2.19. The molecule has 1 atom stereocenters. The van der Waals surface area contributed by atoms with Gasteiger partial charge in [-0.2, -0.15) is 0 Å². The third-order valence-electron chi connectivity index (χ3n) is 1.60. The van der Waals surface area contributed by atoms with Gasteiger partial charge >= 0.3 is 0 Å². The molecule has 1 aliphatic rings. The molecule has 1 unspecified atom stereocenters. The van der Waals surface area contributed by atoms with Gasteiger partial charge in [-0.05, 0) is 18.3 Å². The fourth-order valence-electron chi connectivity index (χ4n) is 0.823. The van der Waals surface area contributed by atoms with Crippen LogP contribution in [0.25, 0.3) is 0 Å². The highest BCUT2D eigenvalue weighted by Crippen LogP contribution is 2.42. The topological polar surface area (TPSA) is 0 Å². The summed E-state index contributed by atoms with van der Waals surface area (Å²) in [4.78, 5) is 0.